The van der Waals surface area contributed by atoms with Gasteiger partial charge in [-0.3, -0.25) is 14.2 Å². The van der Waals surface area contributed by atoms with Gasteiger partial charge in [-0.05, 0) is 24.3 Å². The van der Waals surface area contributed by atoms with E-state index in [0.29, 0.717) is 24.8 Å². The first-order valence-electron chi connectivity index (χ1n) is 11.3. The van der Waals surface area contributed by atoms with Crippen LogP contribution in [0.25, 0.3) is 0 Å². The third-order valence-electron chi connectivity index (χ3n) is 5.78. The van der Waals surface area contributed by atoms with E-state index in [9.17, 15) is 17.4 Å². The number of halogens is 3. The van der Waals surface area contributed by atoms with Crippen LogP contribution in [-0.2, 0) is 27.2 Å². The molecule has 2 aromatic rings. The Morgan fingerprint density at radius 1 is 1.17 bits per heavy atom. The summed E-state index contributed by atoms with van der Waals surface area (Å²) in [7, 11) is 0. The lowest BCUT2D eigenvalue weighted by Crippen LogP contribution is -2.57. The lowest BCUT2D eigenvalue weighted by molar-refractivity contribution is -0.156. The van der Waals surface area contributed by atoms with Crippen molar-refractivity contribution in [1.29, 1.82) is 0 Å². The van der Waals surface area contributed by atoms with Crippen LogP contribution >= 0.6 is 0 Å². The quantitative estimate of drug-likeness (QED) is 0.286. The fourth-order valence-corrected chi connectivity index (χ4v) is 5.10. The van der Waals surface area contributed by atoms with Crippen LogP contribution < -0.4 is 4.31 Å². The number of anilines is 1. The van der Waals surface area contributed by atoms with Gasteiger partial charge < -0.3 is 9.47 Å². The Bertz CT molecular complexity index is 1060. The van der Waals surface area contributed by atoms with Crippen molar-refractivity contribution in [1.82, 2.24) is 14.2 Å². The summed E-state index contributed by atoms with van der Waals surface area (Å²) in [6.45, 7) is 6.32. The van der Waals surface area contributed by atoms with Crippen LogP contribution in [-0.4, -0.2) is 89.2 Å². The Labute approximate surface area is 209 Å². The van der Waals surface area contributed by atoms with Gasteiger partial charge in [0, 0.05) is 39.1 Å². The lowest BCUT2D eigenvalue weighted by atomic mass is 10.2. The van der Waals surface area contributed by atoms with Crippen molar-refractivity contribution in [3.8, 4) is 0 Å². The molecule has 0 N–H and O–H groups in total. The molecule has 2 aliphatic rings. The van der Waals surface area contributed by atoms with Crippen molar-refractivity contribution in [2.45, 2.75) is 18.8 Å². The number of hydrogen-bond acceptors (Lipinski definition) is 7. The Morgan fingerprint density at radius 3 is 2.44 bits per heavy atom. The zero-order chi connectivity index (χ0) is 25.5. The summed E-state index contributed by atoms with van der Waals surface area (Å²) >= 11 is -1.47. The molecule has 0 spiro atoms. The first-order chi connectivity index (χ1) is 17.3. The molecule has 0 saturated carbocycles. The Balaban J connectivity index is 1.46. The number of para-hydroxylation sites is 1. The zero-order valence-electron chi connectivity index (χ0n) is 19.5. The summed E-state index contributed by atoms with van der Waals surface area (Å²) in [4.78, 5) is 6.72. The number of benzene rings is 1. The van der Waals surface area contributed by atoms with E-state index >= 15 is 0 Å². The maximum Gasteiger partial charge on any atom is 0.422 e. The second-order valence-corrected chi connectivity index (χ2v) is 9.67. The number of piperazine rings is 1. The van der Waals surface area contributed by atoms with E-state index in [1.807, 2.05) is 34.6 Å². The highest BCUT2D eigenvalue weighted by atomic mass is 32.2. The topological polar surface area (TPSA) is 82.9 Å². The normalized spacial score (nSPS) is 18.9. The molecule has 4 rings (SSSR count). The van der Waals surface area contributed by atoms with Crippen LogP contribution in [0, 0.1) is 0 Å². The standard InChI is InChI=1S/C23H27F3N6O3S/c1-27-29-22(35-17-23(24,25)26)18-7-8-19(28-13-18)14-32(20-5-3-2-4-6-20)36(33)31-11-9-30(10-12-31)21-15-34-16-21/h2-8,13,21H,1,9-12,14-17H2/b29-22-. The molecule has 0 amide bonds. The van der Waals surface area contributed by atoms with Crippen LogP contribution in [0.15, 0.2) is 58.9 Å². The molecule has 2 fully saturated rings. The van der Waals surface area contributed by atoms with E-state index in [-0.39, 0.29) is 18.0 Å². The lowest BCUT2D eigenvalue weighted by Gasteiger charge is -2.42. The molecular weight excluding hydrogens is 497 g/mol. The maximum atomic E-state index is 13.6. The van der Waals surface area contributed by atoms with Crippen LogP contribution in [0.5, 0.6) is 0 Å². The third-order valence-corrected chi connectivity index (χ3v) is 7.30. The molecule has 0 aliphatic carbocycles. The van der Waals surface area contributed by atoms with E-state index in [0.717, 1.165) is 32.0 Å². The molecule has 1 atom stereocenters. The number of rotatable bonds is 9. The third kappa shape index (κ3) is 6.87. The van der Waals surface area contributed by atoms with Gasteiger partial charge in [-0.25, -0.2) is 8.51 Å². The number of ether oxygens (including phenoxy) is 2. The zero-order valence-corrected chi connectivity index (χ0v) is 20.3. The first-order valence-corrected chi connectivity index (χ1v) is 12.4. The molecule has 36 heavy (non-hydrogen) atoms. The van der Waals surface area contributed by atoms with Gasteiger partial charge >= 0.3 is 6.18 Å². The highest BCUT2D eigenvalue weighted by Gasteiger charge is 2.32. The molecule has 1 unspecified atom stereocenters. The van der Waals surface area contributed by atoms with E-state index in [1.54, 1.807) is 10.4 Å². The number of hydrogen-bond donors (Lipinski definition) is 0. The molecule has 13 heteroatoms. The molecule has 9 nitrogen and oxygen atoms in total. The first kappa shape index (κ1) is 26.2. The number of pyridine rings is 1. The molecular formula is C23H27F3N6O3S. The van der Waals surface area contributed by atoms with Crippen molar-refractivity contribution in [2.24, 2.45) is 10.2 Å². The van der Waals surface area contributed by atoms with Gasteiger partial charge in [0.25, 0.3) is 0 Å². The summed E-state index contributed by atoms with van der Waals surface area (Å²) in [5.41, 5.74) is 1.56. The van der Waals surface area contributed by atoms with Gasteiger partial charge in [0.15, 0.2) is 17.8 Å². The van der Waals surface area contributed by atoms with Crippen LogP contribution in [0.2, 0.25) is 0 Å². The molecule has 1 aromatic heterocycles. The second-order valence-electron chi connectivity index (χ2n) is 8.25. The van der Waals surface area contributed by atoms with Crippen molar-refractivity contribution < 1.29 is 26.9 Å². The fraction of sp³-hybridized carbons (Fsp3) is 0.435. The monoisotopic (exact) mass is 524 g/mol. The van der Waals surface area contributed by atoms with Gasteiger partial charge in [0.1, 0.15) is 0 Å². The minimum Gasteiger partial charge on any atom is -0.466 e. The smallest absolute Gasteiger partial charge is 0.422 e. The summed E-state index contributed by atoms with van der Waals surface area (Å²) < 4.78 is 65.0. The fourth-order valence-electron chi connectivity index (χ4n) is 3.81. The number of aromatic nitrogens is 1. The second kappa shape index (κ2) is 11.9. The van der Waals surface area contributed by atoms with Gasteiger partial charge in [0.05, 0.1) is 42.7 Å². The Kier molecular flexibility index (Phi) is 8.67. The Hall–Kier alpha value is -2.87. The van der Waals surface area contributed by atoms with Crippen LogP contribution in [0.4, 0.5) is 18.9 Å². The minimum atomic E-state index is -4.52. The average Bonchev–Trinajstić information content (AvgIpc) is 2.84. The highest BCUT2D eigenvalue weighted by Crippen LogP contribution is 2.23. The average molecular weight is 525 g/mol. The Morgan fingerprint density at radius 2 is 1.89 bits per heavy atom. The largest absolute Gasteiger partial charge is 0.466 e. The van der Waals surface area contributed by atoms with Crippen LogP contribution in [0.1, 0.15) is 11.3 Å². The number of alkyl halides is 3. The van der Waals surface area contributed by atoms with Gasteiger partial charge in [0.2, 0.25) is 5.90 Å². The van der Waals surface area contributed by atoms with Gasteiger partial charge in [-0.1, -0.05) is 18.2 Å². The maximum absolute atomic E-state index is 13.6. The SMILES string of the molecule is C=N/N=C(\OCC(F)(F)F)c1ccc(CN(c2ccccc2)S(=O)N2CCN(C3COC3)CC2)nc1. The molecule has 2 saturated heterocycles. The van der Waals surface area contributed by atoms with Crippen molar-refractivity contribution >= 4 is 29.5 Å². The summed E-state index contributed by atoms with van der Waals surface area (Å²) in [5.74, 6) is -0.334. The van der Waals surface area contributed by atoms with Crippen molar-refractivity contribution in [3.63, 3.8) is 0 Å². The van der Waals surface area contributed by atoms with E-state index in [4.69, 9.17) is 9.47 Å². The molecule has 0 bridgehead atoms. The molecule has 2 aliphatic heterocycles. The summed E-state index contributed by atoms with van der Waals surface area (Å²) in [6.07, 6.45) is -3.17. The molecule has 0 radical (unpaired) electrons. The van der Waals surface area contributed by atoms with Crippen molar-refractivity contribution in [2.75, 3.05) is 50.3 Å². The van der Waals surface area contributed by atoms with Crippen molar-refractivity contribution in [3.05, 3.63) is 59.9 Å². The molecule has 3 heterocycles. The molecule has 194 valence electrons. The van der Waals surface area contributed by atoms with Gasteiger partial charge in [-0.2, -0.15) is 18.3 Å². The van der Waals surface area contributed by atoms with E-state index in [2.05, 4.69) is 26.8 Å². The van der Waals surface area contributed by atoms with E-state index in [1.165, 1.54) is 12.3 Å². The number of nitrogens with zero attached hydrogens (tertiary/aromatic N) is 6. The van der Waals surface area contributed by atoms with Gasteiger partial charge in [-0.15, -0.1) is 5.10 Å². The minimum absolute atomic E-state index is 0.221. The van der Waals surface area contributed by atoms with Crippen LogP contribution in [0.3, 0.4) is 0 Å². The highest BCUT2D eigenvalue weighted by molar-refractivity contribution is 7.84. The predicted molar refractivity (Wildman–Crippen MR) is 131 cm³/mol. The molecule has 1 aromatic carbocycles. The summed E-state index contributed by atoms with van der Waals surface area (Å²) in [5, 5.41) is 6.82. The predicted octanol–water partition coefficient (Wildman–Crippen LogP) is 2.62. The summed E-state index contributed by atoms with van der Waals surface area (Å²) in [6, 6.07) is 13.0. The van der Waals surface area contributed by atoms with E-state index < -0.39 is 24.0 Å².